The van der Waals surface area contributed by atoms with Crippen molar-refractivity contribution in [3.8, 4) is 11.4 Å². The van der Waals surface area contributed by atoms with Crippen molar-refractivity contribution in [1.29, 1.82) is 0 Å². The topological polar surface area (TPSA) is 88.7 Å². The molecular formula is C31H36F3N3O4. The summed E-state index contributed by atoms with van der Waals surface area (Å²) >= 11 is 0. The predicted molar refractivity (Wildman–Crippen MR) is 146 cm³/mol. The summed E-state index contributed by atoms with van der Waals surface area (Å²) in [6.07, 6.45) is 2.55. The van der Waals surface area contributed by atoms with Crippen LogP contribution in [0.2, 0.25) is 0 Å². The Hall–Kier alpha value is -3.24. The molecule has 1 saturated heterocycles. The van der Waals surface area contributed by atoms with Crippen molar-refractivity contribution in [1.82, 2.24) is 15.0 Å². The van der Waals surface area contributed by atoms with E-state index < -0.39 is 12.1 Å². The van der Waals surface area contributed by atoms with Crippen molar-refractivity contribution in [2.75, 3.05) is 13.1 Å². The van der Waals surface area contributed by atoms with Gasteiger partial charge in [-0.25, -0.2) is 4.79 Å². The van der Waals surface area contributed by atoms with E-state index in [0.717, 1.165) is 49.6 Å². The highest BCUT2D eigenvalue weighted by Gasteiger charge is 2.55. The highest BCUT2D eigenvalue weighted by molar-refractivity contribution is 5.73. The summed E-state index contributed by atoms with van der Waals surface area (Å²) < 4.78 is 43.5. The summed E-state index contributed by atoms with van der Waals surface area (Å²) in [6, 6.07) is 19.1. The van der Waals surface area contributed by atoms with E-state index in [2.05, 4.69) is 65.5 Å². The van der Waals surface area contributed by atoms with Gasteiger partial charge in [-0.15, -0.1) is 0 Å². The second-order valence-electron chi connectivity index (χ2n) is 11.8. The van der Waals surface area contributed by atoms with Crippen LogP contribution in [0, 0.1) is 11.3 Å². The van der Waals surface area contributed by atoms with Gasteiger partial charge in [0.05, 0.1) is 12.7 Å². The number of carbonyl (C=O) groups is 1. The van der Waals surface area contributed by atoms with Gasteiger partial charge in [0.25, 0.3) is 0 Å². The van der Waals surface area contributed by atoms with E-state index in [4.69, 9.17) is 24.1 Å². The molecule has 1 spiro atoms. The molecule has 220 valence electrons. The number of likely N-dealkylation sites (tertiary alicyclic amines) is 1. The predicted octanol–water partition coefficient (Wildman–Crippen LogP) is 6.84. The van der Waals surface area contributed by atoms with E-state index in [0.29, 0.717) is 29.9 Å². The summed E-state index contributed by atoms with van der Waals surface area (Å²) in [5, 5.41) is 11.4. The van der Waals surface area contributed by atoms with Gasteiger partial charge >= 0.3 is 12.1 Å². The van der Waals surface area contributed by atoms with Gasteiger partial charge in [-0.05, 0) is 74.1 Å². The normalized spacial score (nSPS) is 24.7. The minimum Gasteiger partial charge on any atom is -0.475 e. The Labute approximate surface area is 237 Å². The second kappa shape index (κ2) is 12.3. The Morgan fingerprint density at radius 1 is 1.02 bits per heavy atom. The molecule has 0 bridgehead atoms. The molecule has 3 aromatic rings. The van der Waals surface area contributed by atoms with Crippen molar-refractivity contribution < 1.29 is 32.3 Å². The van der Waals surface area contributed by atoms with Crippen LogP contribution in [0.5, 0.6) is 0 Å². The molecule has 1 aliphatic heterocycles. The molecule has 7 nitrogen and oxygen atoms in total. The summed E-state index contributed by atoms with van der Waals surface area (Å²) in [5.74, 6) is 0.0349. The van der Waals surface area contributed by atoms with Crippen LogP contribution in [-0.4, -0.2) is 51.5 Å². The number of carboxylic acids is 1. The largest absolute Gasteiger partial charge is 0.490 e. The van der Waals surface area contributed by atoms with E-state index in [-0.39, 0.29) is 0 Å². The molecule has 0 unspecified atom stereocenters. The minimum atomic E-state index is -5.08. The van der Waals surface area contributed by atoms with Gasteiger partial charge in [-0.2, -0.15) is 18.2 Å². The zero-order chi connectivity index (χ0) is 29.0. The number of alkyl halides is 3. The van der Waals surface area contributed by atoms with Gasteiger partial charge in [0.2, 0.25) is 11.7 Å². The van der Waals surface area contributed by atoms with Crippen LogP contribution < -0.4 is 0 Å². The molecule has 3 aliphatic rings. The van der Waals surface area contributed by atoms with Crippen LogP contribution in [0.3, 0.4) is 0 Å². The maximum Gasteiger partial charge on any atom is 0.490 e. The maximum atomic E-state index is 10.6. The number of ether oxygens (including phenoxy) is 1. The van der Waals surface area contributed by atoms with E-state index >= 15 is 0 Å². The lowest BCUT2D eigenvalue weighted by Crippen LogP contribution is -2.50. The third-order valence-corrected chi connectivity index (χ3v) is 8.54. The molecule has 2 saturated carbocycles. The smallest absolute Gasteiger partial charge is 0.475 e. The van der Waals surface area contributed by atoms with Gasteiger partial charge < -0.3 is 14.4 Å². The number of halogens is 3. The summed E-state index contributed by atoms with van der Waals surface area (Å²) in [6.45, 7) is 6.53. The third kappa shape index (κ3) is 7.54. The Morgan fingerprint density at radius 3 is 2.27 bits per heavy atom. The van der Waals surface area contributed by atoms with Gasteiger partial charge in [0, 0.05) is 18.0 Å². The zero-order valence-corrected chi connectivity index (χ0v) is 23.1. The first-order valence-corrected chi connectivity index (χ1v) is 14.2. The number of hydrogen-bond donors (Lipinski definition) is 1. The molecule has 6 rings (SSSR count). The molecule has 2 aliphatic carbocycles. The lowest BCUT2D eigenvalue weighted by Gasteiger charge is -2.56. The molecule has 0 atom stereocenters. The molecule has 2 aromatic carbocycles. The van der Waals surface area contributed by atoms with Gasteiger partial charge in [-0.3, -0.25) is 4.90 Å². The number of hydrogen-bond acceptors (Lipinski definition) is 6. The molecule has 1 aromatic heterocycles. The van der Waals surface area contributed by atoms with Crippen molar-refractivity contribution in [2.24, 2.45) is 11.3 Å². The first-order valence-electron chi connectivity index (χ1n) is 14.2. The number of piperidine rings is 1. The Morgan fingerprint density at radius 2 is 1.66 bits per heavy atom. The monoisotopic (exact) mass is 571 g/mol. The fourth-order valence-corrected chi connectivity index (χ4v) is 6.06. The number of nitrogens with zero attached hydrogens (tertiary/aromatic N) is 3. The first-order chi connectivity index (χ1) is 19.6. The number of benzene rings is 2. The van der Waals surface area contributed by atoms with Gasteiger partial charge in [-0.1, -0.05) is 66.7 Å². The van der Waals surface area contributed by atoms with Crippen LogP contribution >= 0.6 is 0 Å². The van der Waals surface area contributed by atoms with Crippen molar-refractivity contribution in [2.45, 2.75) is 76.8 Å². The number of rotatable bonds is 7. The minimum absolute atomic E-state index is 0.395. The molecule has 1 N–H and O–H groups in total. The number of carboxylic acid groups (broad SMARTS) is 1. The Balaban J connectivity index is 0.000000431. The lowest BCUT2D eigenvalue weighted by atomic mass is 9.50. The molecule has 10 heteroatoms. The molecule has 0 amide bonds. The zero-order valence-electron chi connectivity index (χ0n) is 23.1. The SMILES string of the molecule is CC1CCN(Cc2ccc(-c3noc(C4CC5(CC(OCc6ccccc6)C5)C4)n3)cc2)CC1.O=C(O)C(F)(F)F. The summed E-state index contributed by atoms with van der Waals surface area (Å²) in [5.41, 5.74) is 4.09. The highest BCUT2D eigenvalue weighted by Crippen LogP contribution is 2.62. The van der Waals surface area contributed by atoms with E-state index in [1.54, 1.807) is 0 Å². The van der Waals surface area contributed by atoms with Gasteiger partial charge in [0.15, 0.2) is 0 Å². The Kier molecular flexibility index (Phi) is 8.79. The fraction of sp³-hybridized carbons (Fsp3) is 0.516. The van der Waals surface area contributed by atoms with Crippen molar-refractivity contribution in [3.05, 3.63) is 71.6 Å². The molecular weight excluding hydrogens is 535 g/mol. The van der Waals surface area contributed by atoms with Crippen molar-refractivity contribution >= 4 is 5.97 Å². The molecule has 3 fully saturated rings. The van der Waals surface area contributed by atoms with E-state index in [1.165, 1.54) is 37.1 Å². The number of aromatic nitrogens is 2. The lowest BCUT2D eigenvalue weighted by molar-refractivity contribution is -0.192. The summed E-state index contributed by atoms with van der Waals surface area (Å²) in [4.78, 5) is 16.2. The van der Waals surface area contributed by atoms with E-state index in [9.17, 15) is 13.2 Å². The summed E-state index contributed by atoms with van der Waals surface area (Å²) in [7, 11) is 0. The van der Waals surface area contributed by atoms with Crippen LogP contribution in [0.1, 0.15) is 68.4 Å². The standard InChI is InChI=1S/C29H35N3O2.C2HF3O2/c1-21-11-13-32(14-12-21)19-22-7-9-24(10-8-22)27-30-28(34-31-27)25-15-29(16-25)17-26(18-29)33-20-23-5-3-2-4-6-23;3-2(4,5)1(6)7/h2-10,21,25-26H,11-20H2,1H3;(H,6,7). The molecule has 2 heterocycles. The average Bonchev–Trinajstić information content (AvgIpc) is 3.39. The Bertz CT molecular complexity index is 1270. The number of aliphatic carboxylic acids is 1. The van der Waals surface area contributed by atoms with E-state index in [1.807, 2.05) is 6.07 Å². The van der Waals surface area contributed by atoms with Crippen LogP contribution in [0.15, 0.2) is 59.1 Å². The second-order valence-corrected chi connectivity index (χ2v) is 11.8. The van der Waals surface area contributed by atoms with Crippen LogP contribution in [0.25, 0.3) is 11.4 Å². The molecule has 0 radical (unpaired) electrons. The van der Waals surface area contributed by atoms with Crippen LogP contribution in [0.4, 0.5) is 13.2 Å². The fourth-order valence-electron chi connectivity index (χ4n) is 6.06. The third-order valence-electron chi connectivity index (χ3n) is 8.54. The highest BCUT2D eigenvalue weighted by atomic mass is 19.4. The first kappa shape index (κ1) is 29.3. The molecule has 41 heavy (non-hydrogen) atoms. The van der Waals surface area contributed by atoms with Crippen LogP contribution in [-0.2, 0) is 22.7 Å². The maximum absolute atomic E-state index is 10.6. The quantitative estimate of drug-likeness (QED) is 0.332. The average molecular weight is 572 g/mol. The van der Waals surface area contributed by atoms with Gasteiger partial charge in [0.1, 0.15) is 0 Å². The van der Waals surface area contributed by atoms with Crippen molar-refractivity contribution in [3.63, 3.8) is 0 Å².